The Morgan fingerprint density at radius 1 is 1.12 bits per heavy atom. The van der Waals surface area contributed by atoms with Crippen LogP contribution in [0.3, 0.4) is 0 Å². The molecule has 4 heteroatoms. The van der Waals surface area contributed by atoms with Crippen molar-refractivity contribution in [3.63, 3.8) is 0 Å². The van der Waals surface area contributed by atoms with Gasteiger partial charge in [-0.15, -0.1) is 0 Å². The number of nitrogens with two attached hydrogens (primary N) is 1. The Balaban J connectivity index is 0.00000109. The third-order valence-electron chi connectivity index (χ3n) is 4.26. The van der Waals surface area contributed by atoms with E-state index >= 15 is 0 Å². The maximum atomic E-state index is 13.3. The quantitative estimate of drug-likeness (QED) is 0.459. The third kappa shape index (κ3) is 3.29. The molecule has 3 rings (SSSR count). The lowest BCUT2D eigenvalue weighted by Gasteiger charge is -2.14. The summed E-state index contributed by atoms with van der Waals surface area (Å²) in [6.07, 6.45) is 1.27. The van der Waals surface area contributed by atoms with Crippen molar-refractivity contribution in [3.8, 4) is 5.69 Å². The van der Waals surface area contributed by atoms with Crippen LogP contribution >= 0.6 is 0 Å². The van der Waals surface area contributed by atoms with Crippen molar-refractivity contribution in [1.29, 1.82) is 5.41 Å². The van der Waals surface area contributed by atoms with E-state index in [9.17, 15) is 4.39 Å². The fraction of sp³-hybridized carbons (Fsp3) is 0.286. The van der Waals surface area contributed by atoms with Gasteiger partial charge in [-0.1, -0.05) is 27.7 Å². The SMILES string of the molecule is CC.Cc1c(C(C)C)n(-c2ccc(F)cc2)c2cc(C=N)c(N)cc12. The van der Waals surface area contributed by atoms with E-state index in [-0.39, 0.29) is 5.82 Å². The average molecular weight is 339 g/mol. The molecule has 0 saturated carbocycles. The standard InChI is InChI=1S/C19H20FN3.C2H6/c1-11(2)19-12(3)16-9-17(22)13(10-21)8-18(16)23(19)15-6-4-14(20)5-7-15;1-2/h4-11,21H,22H2,1-3H3;1-2H3. The molecule has 0 spiro atoms. The summed E-state index contributed by atoms with van der Waals surface area (Å²) in [5, 5.41) is 8.61. The number of nitrogens with zero attached hydrogens (tertiary/aromatic N) is 1. The van der Waals surface area contributed by atoms with Crippen molar-refractivity contribution < 1.29 is 4.39 Å². The zero-order valence-corrected chi connectivity index (χ0v) is 15.5. The number of anilines is 1. The summed E-state index contributed by atoms with van der Waals surface area (Å²) in [5.74, 6) is 0.0505. The van der Waals surface area contributed by atoms with Gasteiger partial charge in [-0.3, -0.25) is 0 Å². The average Bonchev–Trinajstić information content (AvgIpc) is 2.89. The van der Waals surface area contributed by atoms with E-state index in [0.29, 0.717) is 17.2 Å². The maximum Gasteiger partial charge on any atom is 0.123 e. The fourth-order valence-electron chi connectivity index (χ4n) is 3.23. The summed E-state index contributed by atoms with van der Waals surface area (Å²) in [7, 11) is 0. The Hall–Kier alpha value is -2.62. The number of aryl methyl sites for hydroxylation is 1. The number of nitrogens with one attached hydrogen (secondary N) is 1. The van der Waals surface area contributed by atoms with E-state index in [0.717, 1.165) is 16.6 Å². The lowest BCUT2D eigenvalue weighted by molar-refractivity contribution is 0.627. The molecule has 0 aliphatic rings. The molecule has 0 unspecified atom stereocenters. The zero-order chi connectivity index (χ0) is 18.7. The van der Waals surface area contributed by atoms with Gasteiger partial charge in [0.15, 0.2) is 0 Å². The fourth-order valence-corrected chi connectivity index (χ4v) is 3.23. The molecule has 1 aromatic heterocycles. The Morgan fingerprint density at radius 3 is 2.24 bits per heavy atom. The Kier molecular flexibility index (Phi) is 5.62. The van der Waals surface area contributed by atoms with Gasteiger partial charge in [0.25, 0.3) is 0 Å². The topological polar surface area (TPSA) is 54.8 Å². The van der Waals surface area contributed by atoms with Gasteiger partial charge in [-0.2, -0.15) is 0 Å². The molecule has 0 aliphatic heterocycles. The second-order valence-electron chi connectivity index (χ2n) is 6.12. The van der Waals surface area contributed by atoms with Crippen molar-refractivity contribution in [3.05, 3.63) is 59.0 Å². The highest BCUT2D eigenvalue weighted by molar-refractivity contribution is 5.97. The highest BCUT2D eigenvalue weighted by Crippen LogP contribution is 2.35. The van der Waals surface area contributed by atoms with Crippen molar-refractivity contribution in [1.82, 2.24) is 4.57 Å². The van der Waals surface area contributed by atoms with Gasteiger partial charge in [-0.25, -0.2) is 4.39 Å². The summed E-state index contributed by atoms with van der Waals surface area (Å²) < 4.78 is 15.4. The number of hydrogen-bond donors (Lipinski definition) is 2. The van der Waals surface area contributed by atoms with E-state index < -0.39 is 0 Å². The molecule has 0 aliphatic carbocycles. The van der Waals surface area contributed by atoms with Gasteiger partial charge in [0.2, 0.25) is 0 Å². The molecule has 0 saturated heterocycles. The Morgan fingerprint density at radius 2 is 1.72 bits per heavy atom. The van der Waals surface area contributed by atoms with Crippen LogP contribution in [0.5, 0.6) is 0 Å². The molecule has 0 amide bonds. The summed E-state index contributed by atoms with van der Waals surface area (Å²) in [6.45, 7) is 10.4. The molecule has 3 N–H and O–H groups in total. The van der Waals surface area contributed by atoms with Crippen molar-refractivity contribution in [2.24, 2.45) is 0 Å². The molecule has 1 heterocycles. The van der Waals surface area contributed by atoms with E-state index in [4.69, 9.17) is 11.1 Å². The lowest BCUT2D eigenvalue weighted by atomic mass is 10.0. The number of rotatable bonds is 3. The van der Waals surface area contributed by atoms with Gasteiger partial charge in [-0.05, 0) is 54.8 Å². The van der Waals surface area contributed by atoms with Crippen LogP contribution in [0.2, 0.25) is 0 Å². The van der Waals surface area contributed by atoms with Crippen LogP contribution in [-0.2, 0) is 0 Å². The molecule has 132 valence electrons. The number of nitrogen functional groups attached to an aromatic ring is 1. The lowest BCUT2D eigenvalue weighted by Crippen LogP contribution is -2.03. The summed E-state index contributed by atoms with van der Waals surface area (Å²) >= 11 is 0. The second kappa shape index (κ2) is 7.51. The summed E-state index contributed by atoms with van der Waals surface area (Å²) in [6, 6.07) is 10.3. The summed E-state index contributed by atoms with van der Waals surface area (Å²) in [4.78, 5) is 0. The number of benzene rings is 2. The molecule has 0 bridgehead atoms. The number of aromatic nitrogens is 1. The van der Waals surface area contributed by atoms with Gasteiger partial charge in [0.1, 0.15) is 5.82 Å². The normalized spacial score (nSPS) is 10.7. The Bertz CT molecular complexity index is 890. The highest BCUT2D eigenvalue weighted by Gasteiger charge is 2.19. The number of hydrogen-bond acceptors (Lipinski definition) is 2. The van der Waals surface area contributed by atoms with Gasteiger partial charge >= 0.3 is 0 Å². The minimum Gasteiger partial charge on any atom is -0.398 e. The third-order valence-corrected chi connectivity index (χ3v) is 4.26. The smallest absolute Gasteiger partial charge is 0.123 e. The van der Waals surface area contributed by atoms with E-state index in [2.05, 4.69) is 25.3 Å². The van der Waals surface area contributed by atoms with Crippen LogP contribution in [0, 0.1) is 18.2 Å². The molecule has 2 aromatic carbocycles. The molecule has 25 heavy (non-hydrogen) atoms. The minimum absolute atomic E-state index is 0.252. The first-order valence-electron chi connectivity index (χ1n) is 8.65. The monoisotopic (exact) mass is 339 g/mol. The van der Waals surface area contributed by atoms with Gasteiger partial charge in [0.05, 0.1) is 5.52 Å². The van der Waals surface area contributed by atoms with Gasteiger partial charge in [0, 0.05) is 34.2 Å². The first-order valence-corrected chi connectivity index (χ1v) is 8.65. The predicted octanol–water partition coefficient (Wildman–Crippen LogP) is 5.81. The van der Waals surface area contributed by atoms with Crippen LogP contribution in [0.25, 0.3) is 16.6 Å². The predicted molar refractivity (Wildman–Crippen MR) is 106 cm³/mol. The maximum absolute atomic E-state index is 13.3. The van der Waals surface area contributed by atoms with Crippen LogP contribution in [0.15, 0.2) is 36.4 Å². The molecule has 0 fully saturated rings. The summed E-state index contributed by atoms with van der Waals surface area (Å²) in [5.41, 5.74) is 11.6. The second-order valence-corrected chi connectivity index (χ2v) is 6.12. The van der Waals surface area contributed by atoms with E-state index in [1.807, 2.05) is 26.0 Å². The van der Waals surface area contributed by atoms with Crippen LogP contribution in [-0.4, -0.2) is 10.8 Å². The number of halogens is 1. The molecule has 0 atom stereocenters. The molecular formula is C21H26FN3. The van der Waals surface area contributed by atoms with Crippen molar-refractivity contribution in [2.45, 2.75) is 40.5 Å². The molecule has 0 radical (unpaired) electrons. The van der Waals surface area contributed by atoms with Crippen molar-refractivity contribution >= 4 is 22.8 Å². The van der Waals surface area contributed by atoms with E-state index in [1.165, 1.54) is 29.6 Å². The first-order chi connectivity index (χ1) is 11.9. The van der Waals surface area contributed by atoms with Crippen LogP contribution < -0.4 is 5.73 Å². The van der Waals surface area contributed by atoms with Crippen LogP contribution in [0.4, 0.5) is 10.1 Å². The van der Waals surface area contributed by atoms with Gasteiger partial charge < -0.3 is 15.7 Å². The zero-order valence-electron chi connectivity index (χ0n) is 15.5. The largest absolute Gasteiger partial charge is 0.398 e. The van der Waals surface area contributed by atoms with Crippen molar-refractivity contribution in [2.75, 3.05) is 5.73 Å². The molecule has 3 nitrogen and oxygen atoms in total. The first kappa shape index (κ1) is 18.7. The van der Waals surface area contributed by atoms with E-state index in [1.54, 1.807) is 12.1 Å². The minimum atomic E-state index is -0.252. The van der Waals surface area contributed by atoms with Crippen LogP contribution in [0.1, 0.15) is 50.4 Å². The highest BCUT2D eigenvalue weighted by atomic mass is 19.1. The molecular weight excluding hydrogens is 313 g/mol. The molecule has 3 aromatic rings. The Labute approximate surface area is 148 Å². The number of fused-ring (bicyclic) bond motifs is 1.